The van der Waals surface area contributed by atoms with E-state index in [2.05, 4.69) is 17.2 Å². The molecule has 1 aliphatic heterocycles. The first kappa shape index (κ1) is 18.0. The molecule has 0 spiro atoms. The second-order valence-electron chi connectivity index (χ2n) is 8.14. The molecule has 1 aromatic heterocycles. The molecule has 2 heterocycles. The maximum atomic E-state index is 12.5. The average molecular weight is 369 g/mol. The van der Waals surface area contributed by atoms with Crippen LogP contribution in [0, 0.1) is 17.8 Å². The molecule has 2 aromatic rings. The zero-order valence-corrected chi connectivity index (χ0v) is 15.6. The van der Waals surface area contributed by atoms with E-state index in [1.165, 1.54) is 0 Å². The molecule has 1 saturated heterocycles. The molecule has 1 aliphatic carbocycles. The third kappa shape index (κ3) is 3.72. The summed E-state index contributed by atoms with van der Waals surface area (Å²) in [5.74, 6) is 0.819. The highest BCUT2D eigenvalue weighted by Gasteiger charge is 2.40. The molecular formula is C21H27N3O3. The Hall–Kier alpha value is -2.34. The lowest BCUT2D eigenvalue weighted by molar-refractivity contribution is -0.141. The van der Waals surface area contributed by atoms with Gasteiger partial charge in [-0.3, -0.25) is 9.59 Å². The van der Waals surface area contributed by atoms with Gasteiger partial charge in [-0.25, -0.2) is 0 Å². The maximum absolute atomic E-state index is 12.5. The van der Waals surface area contributed by atoms with E-state index in [9.17, 15) is 14.7 Å². The van der Waals surface area contributed by atoms with Gasteiger partial charge >= 0.3 is 0 Å². The van der Waals surface area contributed by atoms with Gasteiger partial charge in [0, 0.05) is 42.7 Å². The van der Waals surface area contributed by atoms with Crippen LogP contribution in [-0.4, -0.2) is 52.5 Å². The lowest BCUT2D eigenvalue weighted by Crippen LogP contribution is -2.43. The number of para-hydroxylation sites is 1. The minimum absolute atomic E-state index is 0.0117. The third-order valence-electron chi connectivity index (χ3n) is 6.13. The molecule has 2 aliphatic rings. The SMILES string of the molecule is CC1CN(C(=O)C2CC(O)C2)CC1CNC(=O)Cc1c[nH]c2ccccc12. The predicted octanol–water partition coefficient (Wildman–Crippen LogP) is 1.69. The van der Waals surface area contributed by atoms with Crippen molar-refractivity contribution in [2.45, 2.75) is 32.3 Å². The Morgan fingerprint density at radius 3 is 2.81 bits per heavy atom. The number of likely N-dealkylation sites (tertiary alicyclic amines) is 1. The molecule has 4 rings (SSSR count). The molecule has 2 unspecified atom stereocenters. The van der Waals surface area contributed by atoms with Crippen LogP contribution in [0.15, 0.2) is 30.5 Å². The summed E-state index contributed by atoms with van der Waals surface area (Å²) in [6.07, 6.45) is 3.13. The van der Waals surface area contributed by atoms with Gasteiger partial charge in [0.05, 0.1) is 12.5 Å². The molecule has 6 nitrogen and oxygen atoms in total. The van der Waals surface area contributed by atoms with Crippen LogP contribution in [0.25, 0.3) is 10.9 Å². The van der Waals surface area contributed by atoms with E-state index < -0.39 is 0 Å². The van der Waals surface area contributed by atoms with Gasteiger partial charge in [0.1, 0.15) is 0 Å². The fourth-order valence-corrected chi connectivity index (χ4v) is 4.29. The maximum Gasteiger partial charge on any atom is 0.225 e. The van der Waals surface area contributed by atoms with Crippen LogP contribution in [0.4, 0.5) is 0 Å². The van der Waals surface area contributed by atoms with Crippen molar-refractivity contribution in [3.63, 3.8) is 0 Å². The van der Waals surface area contributed by atoms with Gasteiger partial charge in [-0.15, -0.1) is 0 Å². The monoisotopic (exact) mass is 369 g/mol. The largest absolute Gasteiger partial charge is 0.393 e. The van der Waals surface area contributed by atoms with Gasteiger partial charge in [0.15, 0.2) is 0 Å². The second kappa shape index (κ2) is 7.35. The van der Waals surface area contributed by atoms with Gasteiger partial charge in [0.25, 0.3) is 0 Å². The van der Waals surface area contributed by atoms with E-state index in [4.69, 9.17) is 0 Å². The molecule has 27 heavy (non-hydrogen) atoms. The van der Waals surface area contributed by atoms with E-state index in [1.54, 1.807) is 0 Å². The summed E-state index contributed by atoms with van der Waals surface area (Å²) in [6.45, 7) is 4.17. The smallest absolute Gasteiger partial charge is 0.225 e. The average Bonchev–Trinajstić information content (AvgIpc) is 3.21. The molecule has 1 saturated carbocycles. The summed E-state index contributed by atoms with van der Waals surface area (Å²) in [6, 6.07) is 7.98. The first-order valence-corrected chi connectivity index (χ1v) is 9.79. The van der Waals surface area contributed by atoms with Crippen LogP contribution in [0.3, 0.4) is 0 Å². The number of fused-ring (bicyclic) bond motifs is 1. The summed E-state index contributed by atoms with van der Waals surface area (Å²) in [7, 11) is 0. The lowest BCUT2D eigenvalue weighted by Gasteiger charge is -2.33. The first-order valence-electron chi connectivity index (χ1n) is 9.79. The number of nitrogens with one attached hydrogen (secondary N) is 2. The van der Waals surface area contributed by atoms with Crippen LogP contribution >= 0.6 is 0 Å². The quantitative estimate of drug-likeness (QED) is 0.750. The zero-order valence-electron chi connectivity index (χ0n) is 15.6. The van der Waals surface area contributed by atoms with Crippen molar-refractivity contribution in [1.29, 1.82) is 0 Å². The Morgan fingerprint density at radius 1 is 1.26 bits per heavy atom. The fourth-order valence-electron chi connectivity index (χ4n) is 4.29. The van der Waals surface area contributed by atoms with Gasteiger partial charge in [-0.05, 0) is 36.3 Å². The number of hydrogen-bond donors (Lipinski definition) is 3. The van der Waals surface area contributed by atoms with Crippen LogP contribution in [0.5, 0.6) is 0 Å². The molecule has 2 atom stereocenters. The van der Waals surface area contributed by atoms with Crippen LogP contribution in [0.2, 0.25) is 0 Å². The molecule has 0 bridgehead atoms. The minimum Gasteiger partial charge on any atom is -0.393 e. The lowest BCUT2D eigenvalue weighted by atomic mass is 9.81. The molecule has 144 valence electrons. The molecule has 6 heteroatoms. The molecule has 0 radical (unpaired) electrons. The minimum atomic E-state index is -0.307. The Balaban J connectivity index is 1.28. The number of aliphatic hydroxyl groups is 1. The van der Waals surface area contributed by atoms with E-state index in [-0.39, 0.29) is 29.8 Å². The third-order valence-corrected chi connectivity index (χ3v) is 6.13. The van der Waals surface area contributed by atoms with Crippen LogP contribution in [0.1, 0.15) is 25.3 Å². The van der Waals surface area contributed by atoms with Crippen molar-refractivity contribution < 1.29 is 14.7 Å². The van der Waals surface area contributed by atoms with Gasteiger partial charge in [-0.1, -0.05) is 25.1 Å². The van der Waals surface area contributed by atoms with E-state index in [1.807, 2.05) is 35.4 Å². The second-order valence-corrected chi connectivity index (χ2v) is 8.14. The highest BCUT2D eigenvalue weighted by Crippen LogP contribution is 2.32. The number of aromatic amines is 1. The topological polar surface area (TPSA) is 85.4 Å². The summed E-state index contributed by atoms with van der Waals surface area (Å²) in [5.41, 5.74) is 2.04. The van der Waals surface area contributed by atoms with Crippen molar-refractivity contribution in [2.75, 3.05) is 19.6 Å². The van der Waals surface area contributed by atoms with Crippen molar-refractivity contribution in [1.82, 2.24) is 15.2 Å². The number of hydrogen-bond acceptors (Lipinski definition) is 3. The number of benzene rings is 1. The summed E-state index contributed by atoms with van der Waals surface area (Å²) in [5, 5.41) is 13.5. The Labute approximate surface area is 158 Å². The van der Waals surface area contributed by atoms with Gasteiger partial charge in [-0.2, -0.15) is 0 Å². The number of carbonyl (C=O) groups excluding carboxylic acids is 2. The number of aliphatic hydroxyl groups excluding tert-OH is 1. The van der Waals surface area contributed by atoms with Crippen LogP contribution < -0.4 is 5.32 Å². The van der Waals surface area contributed by atoms with Crippen LogP contribution in [-0.2, 0) is 16.0 Å². The van der Waals surface area contributed by atoms with Crippen molar-refractivity contribution in [3.8, 4) is 0 Å². The Morgan fingerprint density at radius 2 is 2.04 bits per heavy atom. The highest BCUT2D eigenvalue weighted by molar-refractivity contribution is 5.88. The van der Waals surface area contributed by atoms with E-state index >= 15 is 0 Å². The zero-order chi connectivity index (χ0) is 19.0. The van der Waals surface area contributed by atoms with E-state index in [0.717, 1.165) is 23.0 Å². The molecule has 2 amide bonds. The molecule has 2 fully saturated rings. The molecule has 3 N–H and O–H groups in total. The number of aromatic nitrogens is 1. The van der Waals surface area contributed by atoms with Crippen molar-refractivity contribution in [3.05, 3.63) is 36.0 Å². The van der Waals surface area contributed by atoms with Gasteiger partial charge < -0.3 is 20.3 Å². The van der Waals surface area contributed by atoms with Gasteiger partial charge in [0.2, 0.25) is 11.8 Å². The Kier molecular flexibility index (Phi) is 4.91. The summed E-state index contributed by atoms with van der Waals surface area (Å²) >= 11 is 0. The Bertz CT molecular complexity index is 840. The summed E-state index contributed by atoms with van der Waals surface area (Å²) in [4.78, 5) is 30.0. The number of rotatable bonds is 5. The first-order chi connectivity index (χ1) is 13.0. The van der Waals surface area contributed by atoms with Crippen molar-refractivity contribution in [2.24, 2.45) is 17.8 Å². The highest BCUT2D eigenvalue weighted by atomic mass is 16.3. The predicted molar refractivity (Wildman–Crippen MR) is 103 cm³/mol. The van der Waals surface area contributed by atoms with E-state index in [0.29, 0.717) is 38.3 Å². The summed E-state index contributed by atoms with van der Waals surface area (Å²) < 4.78 is 0. The fraction of sp³-hybridized carbons (Fsp3) is 0.524. The van der Waals surface area contributed by atoms with Crippen molar-refractivity contribution >= 4 is 22.7 Å². The number of carbonyl (C=O) groups is 2. The normalized spacial score (nSPS) is 27.6. The number of amides is 2. The molecule has 1 aromatic carbocycles. The standard InChI is InChI=1S/C21H27N3O3/c1-13-11-24(21(27)14-6-17(25)7-14)12-16(13)10-23-20(26)8-15-9-22-19-5-3-2-4-18(15)19/h2-5,9,13-14,16-17,22,25H,6-8,10-12H2,1H3,(H,23,26). The molecular weight excluding hydrogens is 342 g/mol. The number of H-pyrrole nitrogens is 1. The number of nitrogens with zero attached hydrogens (tertiary/aromatic N) is 1.